The highest BCUT2D eigenvalue weighted by Gasteiger charge is 1.98. The maximum atomic E-state index is 3.49. The van der Waals surface area contributed by atoms with Gasteiger partial charge in [0.1, 0.15) is 0 Å². The quantitative estimate of drug-likeness (QED) is 0.750. The molecule has 0 radical (unpaired) electrons. The van der Waals surface area contributed by atoms with E-state index >= 15 is 0 Å². The van der Waals surface area contributed by atoms with Gasteiger partial charge in [0.05, 0.1) is 0 Å². The van der Waals surface area contributed by atoms with Gasteiger partial charge in [0, 0.05) is 6.54 Å². The second-order valence-corrected chi connectivity index (χ2v) is 4.31. The summed E-state index contributed by atoms with van der Waals surface area (Å²) in [7, 11) is 0. The fourth-order valence-corrected chi connectivity index (χ4v) is 1.50. The average molecular weight is 205 g/mol. The largest absolute Gasteiger partial charge is 0.312 e. The van der Waals surface area contributed by atoms with Crippen molar-refractivity contribution in [2.75, 3.05) is 6.54 Å². The highest BCUT2D eigenvalue weighted by atomic mass is 14.8. The molecule has 0 saturated carbocycles. The Kier molecular flexibility index (Phi) is 5.41. The third-order valence-corrected chi connectivity index (χ3v) is 2.95. The third-order valence-electron chi connectivity index (χ3n) is 2.95. The smallest absolute Gasteiger partial charge is 0.0205 e. The molecule has 0 fully saturated rings. The number of benzene rings is 1. The van der Waals surface area contributed by atoms with Gasteiger partial charge in [-0.1, -0.05) is 51.5 Å². The van der Waals surface area contributed by atoms with Crippen LogP contribution in [0.5, 0.6) is 0 Å². The van der Waals surface area contributed by atoms with Gasteiger partial charge in [-0.15, -0.1) is 0 Å². The fraction of sp³-hybridized carbons (Fsp3) is 0.571. The lowest BCUT2D eigenvalue weighted by Crippen LogP contribution is -2.20. The molecule has 0 aliphatic rings. The Morgan fingerprint density at radius 1 is 1.07 bits per heavy atom. The van der Waals surface area contributed by atoms with Crippen molar-refractivity contribution >= 4 is 0 Å². The monoisotopic (exact) mass is 205 g/mol. The summed E-state index contributed by atoms with van der Waals surface area (Å²) in [4.78, 5) is 0. The van der Waals surface area contributed by atoms with Crippen LogP contribution in [0.2, 0.25) is 0 Å². The Hall–Kier alpha value is -0.820. The molecule has 0 heterocycles. The van der Waals surface area contributed by atoms with Gasteiger partial charge in [-0.25, -0.2) is 0 Å². The van der Waals surface area contributed by atoms with Gasteiger partial charge >= 0.3 is 0 Å². The molecule has 0 amide bonds. The van der Waals surface area contributed by atoms with E-state index in [2.05, 4.69) is 50.4 Å². The second kappa shape index (κ2) is 6.62. The molecule has 0 saturated heterocycles. The number of nitrogens with one attached hydrogen (secondary N) is 1. The molecule has 84 valence electrons. The van der Waals surface area contributed by atoms with Crippen LogP contribution in [-0.4, -0.2) is 6.54 Å². The summed E-state index contributed by atoms with van der Waals surface area (Å²) < 4.78 is 0. The Balaban J connectivity index is 2.31. The van der Waals surface area contributed by atoms with Crippen LogP contribution >= 0.6 is 0 Å². The van der Waals surface area contributed by atoms with Crippen molar-refractivity contribution in [2.24, 2.45) is 5.92 Å². The Morgan fingerprint density at radius 3 is 2.20 bits per heavy atom. The van der Waals surface area contributed by atoms with E-state index in [9.17, 15) is 0 Å². The van der Waals surface area contributed by atoms with E-state index < -0.39 is 0 Å². The molecule has 1 rings (SSSR count). The zero-order valence-electron chi connectivity index (χ0n) is 10.2. The number of rotatable bonds is 6. The number of aryl methyl sites for hydroxylation is 1. The van der Waals surface area contributed by atoms with Crippen molar-refractivity contribution < 1.29 is 0 Å². The van der Waals surface area contributed by atoms with Crippen LogP contribution in [0.4, 0.5) is 0 Å². The SMILES string of the molecule is CCc1ccc(CNCC(C)CC)cc1. The van der Waals surface area contributed by atoms with Gasteiger partial charge < -0.3 is 5.32 Å². The van der Waals surface area contributed by atoms with Gasteiger partial charge in [-0.2, -0.15) is 0 Å². The molecule has 0 aromatic heterocycles. The lowest BCUT2D eigenvalue weighted by molar-refractivity contribution is 0.500. The maximum Gasteiger partial charge on any atom is 0.0205 e. The average Bonchev–Trinajstić information content (AvgIpc) is 2.29. The Morgan fingerprint density at radius 2 is 1.67 bits per heavy atom. The van der Waals surface area contributed by atoms with Crippen molar-refractivity contribution in [3.05, 3.63) is 35.4 Å². The lowest BCUT2D eigenvalue weighted by Gasteiger charge is -2.10. The summed E-state index contributed by atoms with van der Waals surface area (Å²) in [5.74, 6) is 0.778. The minimum absolute atomic E-state index is 0.778. The standard InChI is InChI=1S/C14H23N/c1-4-12(3)10-15-11-14-8-6-13(5-2)7-9-14/h6-9,12,15H,4-5,10-11H2,1-3H3. The molecule has 0 aliphatic carbocycles. The van der Waals surface area contributed by atoms with Gasteiger partial charge in [-0.05, 0) is 30.0 Å². The van der Waals surface area contributed by atoms with Crippen LogP contribution in [0.25, 0.3) is 0 Å². The molecule has 15 heavy (non-hydrogen) atoms. The highest BCUT2D eigenvalue weighted by Crippen LogP contribution is 2.05. The number of hydrogen-bond acceptors (Lipinski definition) is 1. The number of hydrogen-bond donors (Lipinski definition) is 1. The molecule has 0 spiro atoms. The lowest BCUT2D eigenvalue weighted by atomic mass is 10.1. The van der Waals surface area contributed by atoms with Gasteiger partial charge in [0.25, 0.3) is 0 Å². The molecule has 0 aliphatic heterocycles. The zero-order chi connectivity index (χ0) is 11.1. The van der Waals surface area contributed by atoms with E-state index in [1.165, 1.54) is 17.5 Å². The zero-order valence-corrected chi connectivity index (χ0v) is 10.2. The predicted octanol–water partition coefficient (Wildman–Crippen LogP) is 3.38. The van der Waals surface area contributed by atoms with E-state index in [0.717, 1.165) is 25.4 Å². The van der Waals surface area contributed by atoms with Crippen molar-refractivity contribution in [3.63, 3.8) is 0 Å². The van der Waals surface area contributed by atoms with Crippen LogP contribution in [-0.2, 0) is 13.0 Å². The van der Waals surface area contributed by atoms with Crippen LogP contribution in [0.15, 0.2) is 24.3 Å². The fourth-order valence-electron chi connectivity index (χ4n) is 1.50. The first-order valence-corrected chi connectivity index (χ1v) is 6.04. The van der Waals surface area contributed by atoms with Crippen LogP contribution in [0, 0.1) is 5.92 Å². The third kappa shape index (κ3) is 4.48. The van der Waals surface area contributed by atoms with E-state index in [0.29, 0.717) is 0 Å². The summed E-state index contributed by atoms with van der Waals surface area (Å²) in [6, 6.07) is 8.89. The first-order chi connectivity index (χ1) is 7.26. The Bertz CT molecular complexity index is 263. The minimum atomic E-state index is 0.778. The maximum absolute atomic E-state index is 3.49. The summed E-state index contributed by atoms with van der Waals surface area (Å²) in [6.45, 7) is 8.83. The first kappa shape index (κ1) is 12.3. The topological polar surface area (TPSA) is 12.0 Å². The van der Waals surface area contributed by atoms with Gasteiger partial charge in [0.2, 0.25) is 0 Å². The second-order valence-electron chi connectivity index (χ2n) is 4.31. The molecule has 0 bridgehead atoms. The summed E-state index contributed by atoms with van der Waals surface area (Å²) in [5, 5.41) is 3.49. The molecular formula is C14H23N. The van der Waals surface area contributed by atoms with E-state index in [4.69, 9.17) is 0 Å². The summed E-state index contributed by atoms with van der Waals surface area (Å²) >= 11 is 0. The van der Waals surface area contributed by atoms with E-state index in [1.54, 1.807) is 0 Å². The van der Waals surface area contributed by atoms with E-state index in [-0.39, 0.29) is 0 Å². The highest BCUT2D eigenvalue weighted by molar-refractivity contribution is 5.22. The normalized spacial score (nSPS) is 12.7. The molecule has 1 nitrogen and oxygen atoms in total. The summed E-state index contributed by atoms with van der Waals surface area (Å²) in [5.41, 5.74) is 2.80. The van der Waals surface area contributed by atoms with E-state index in [1.807, 2.05) is 0 Å². The Labute approximate surface area is 93.9 Å². The molecule has 1 unspecified atom stereocenters. The van der Waals surface area contributed by atoms with Crippen molar-refractivity contribution in [1.29, 1.82) is 0 Å². The van der Waals surface area contributed by atoms with Crippen molar-refractivity contribution in [2.45, 2.75) is 40.2 Å². The molecule has 1 aromatic carbocycles. The molecular weight excluding hydrogens is 182 g/mol. The van der Waals surface area contributed by atoms with Crippen molar-refractivity contribution in [3.8, 4) is 0 Å². The minimum Gasteiger partial charge on any atom is -0.312 e. The molecule has 1 heteroatoms. The predicted molar refractivity (Wildman–Crippen MR) is 67.0 cm³/mol. The van der Waals surface area contributed by atoms with Gasteiger partial charge in [0.15, 0.2) is 0 Å². The first-order valence-electron chi connectivity index (χ1n) is 6.04. The van der Waals surface area contributed by atoms with Crippen LogP contribution in [0.3, 0.4) is 0 Å². The van der Waals surface area contributed by atoms with Crippen LogP contribution in [0.1, 0.15) is 38.3 Å². The molecule has 1 N–H and O–H groups in total. The van der Waals surface area contributed by atoms with Crippen LogP contribution < -0.4 is 5.32 Å². The van der Waals surface area contributed by atoms with Crippen molar-refractivity contribution in [1.82, 2.24) is 5.32 Å². The summed E-state index contributed by atoms with van der Waals surface area (Å²) in [6.07, 6.45) is 2.38. The van der Waals surface area contributed by atoms with Gasteiger partial charge in [-0.3, -0.25) is 0 Å². The molecule has 1 aromatic rings. The molecule has 1 atom stereocenters.